The van der Waals surface area contributed by atoms with Gasteiger partial charge in [-0.25, -0.2) is 27.8 Å². The summed E-state index contributed by atoms with van der Waals surface area (Å²) in [5.74, 6) is -1.14. The average molecular weight is 712 g/mol. The van der Waals surface area contributed by atoms with Crippen LogP contribution in [0.15, 0.2) is 113 Å². The molecule has 2 N–H and O–H groups in total. The number of hydrogen-bond donors (Lipinski definition) is 2. The Hall–Kier alpha value is -4.64. The van der Waals surface area contributed by atoms with Gasteiger partial charge < -0.3 is 9.75 Å². The molecule has 0 fully saturated rings. The zero-order chi connectivity index (χ0) is 36.9. The first kappa shape index (κ1) is 37.6. The van der Waals surface area contributed by atoms with Crippen LogP contribution in [0.5, 0.6) is 0 Å². The highest BCUT2D eigenvalue weighted by molar-refractivity contribution is 7.89. The molecule has 1 unspecified atom stereocenters. The van der Waals surface area contributed by atoms with Crippen LogP contribution in [0.25, 0.3) is 11.1 Å². The highest BCUT2D eigenvalue weighted by Gasteiger charge is 2.38. The van der Waals surface area contributed by atoms with Gasteiger partial charge in [-0.2, -0.15) is 0 Å². The van der Waals surface area contributed by atoms with Gasteiger partial charge in [0, 0.05) is 46.5 Å². The van der Waals surface area contributed by atoms with Crippen molar-refractivity contribution in [2.24, 2.45) is 5.92 Å². The summed E-state index contributed by atoms with van der Waals surface area (Å²) >= 11 is 0. The summed E-state index contributed by atoms with van der Waals surface area (Å²) in [5, 5.41) is 1.95. The van der Waals surface area contributed by atoms with E-state index in [0.29, 0.717) is 40.1 Å². The Kier molecular flexibility index (Phi) is 11.6. The molecule has 1 heterocycles. The van der Waals surface area contributed by atoms with Crippen LogP contribution in [-0.2, 0) is 32.6 Å². The van der Waals surface area contributed by atoms with Crippen LogP contribution in [0, 0.1) is 11.7 Å². The van der Waals surface area contributed by atoms with Gasteiger partial charge in [0.2, 0.25) is 10.0 Å². The molecule has 0 amide bonds. The second-order valence-corrected chi connectivity index (χ2v) is 15.8. The summed E-state index contributed by atoms with van der Waals surface area (Å²) < 4.78 is 51.0. The number of nitrogens with one attached hydrogen (secondary N) is 2. The van der Waals surface area contributed by atoms with E-state index < -0.39 is 27.3 Å². The van der Waals surface area contributed by atoms with E-state index in [-0.39, 0.29) is 46.8 Å². The number of esters is 1. The molecule has 0 radical (unpaired) electrons. The number of allylic oxidation sites excluding steroid dienone is 1. The zero-order valence-electron chi connectivity index (χ0n) is 30.0. The number of hydrogen-bond acceptors (Lipinski definition) is 7. The van der Waals surface area contributed by atoms with Gasteiger partial charge in [0.05, 0.1) is 16.5 Å². The third-order valence-electron chi connectivity index (χ3n) is 8.48. The second-order valence-electron chi connectivity index (χ2n) is 14.2. The molecule has 1 aliphatic rings. The van der Waals surface area contributed by atoms with Crippen LogP contribution < -0.4 is 10.1 Å². The standard InChI is InChI=1S/C41H46FN3O5S/c1-7-22-45-35(25-28-20-21-32(34(42)24-28)33-18-11-12-19-36(33)51(48,49)44-41(4,5)6)37(38(43-45)27(2)3)40(47)50-26-29-14-13-17-31(23-29)39(46)30-15-9-8-10-16-30/h8-21,23-24,27,38,43-44H,7,22,25-26H2,1-6H3. The van der Waals surface area contributed by atoms with Crippen LogP contribution in [0.1, 0.15) is 75.0 Å². The molecule has 0 bridgehead atoms. The molecule has 268 valence electrons. The maximum atomic E-state index is 16.0. The number of halogens is 1. The Labute approximate surface area is 300 Å². The third-order valence-corrected chi connectivity index (χ3v) is 10.3. The summed E-state index contributed by atoms with van der Waals surface area (Å²) in [7, 11) is -3.94. The number of nitrogens with zero attached hydrogens (tertiary/aromatic N) is 1. The molecule has 8 nitrogen and oxygen atoms in total. The number of ether oxygens (including phenoxy) is 1. The predicted molar refractivity (Wildman–Crippen MR) is 198 cm³/mol. The molecule has 0 aromatic heterocycles. The van der Waals surface area contributed by atoms with E-state index in [1.54, 1.807) is 81.4 Å². The number of sulfonamides is 1. The highest BCUT2D eigenvalue weighted by atomic mass is 32.2. The number of ketones is 1. The molecule has 1 atom stereocenters. The first-order valence-corrected chi connectivity index (χ1v) is 18.7. The minimum Gasteiger partial charge on any atom is -0.457 e. The van der Waals surface area contributed by atoms with Gasteiger partial charge in [0.1, 0.15) is 12.4 Å². The van der Waals surface area contributed by atoms with Gasteiger partial charge in [-0.3, -0.25) is 4.79 Å². The second kappa shape index (κ2) is 15.7. The van der Waals surface area contributed by atoms with Crippen molar-refractivity contribution in [3.63, 3.8) is 0 Å². The van der Waals surface area contributed by atoms with Crippen LogP contribution in [-0.4, -0.2) is 43.3 Å². The number of rotatable bonds is 13. The average Bonchev–Trinajstić information content (AvgIpc) is 3.44. The highest BCUT2D eigenvalue weighted by Crippen LogP contribution is 2.33. The lowest BCUT2D eigenvalue weighted by Gasteiger charge is -2.24. The molecule has 4 aromatic carbocycles. The molecule has 51 heavy (non-hydrogen) atoms. The van der Waals surface area contributed by atoms with Crippen molar-refractivity contribution in [3.8, 4) is 11.1 Å². The Bertz CT molecular complexity index is 2040. The fourth-order valence-electron chi connectivity index (χ4n) is 6.22. The van der Waals surface area contributed by atoms with Crippen LogP contribution in [0.3, 0.4) is 0 Å². The van der Waals surface area contributed by atoms with E-state index in [2.05, 4.69) is 10.1 Å². The van der Waals surface area contributed by atoms with Gasteiger partial charge in [0.15, 0.2) is 5.78 Å². The van der Waals surface area contributed by atoms with E-state index in [1.807, 2.05) is 50.0 Å². The quantitative estimate of drug-likeness (QED) is 0.109. The first-order chi connectivity index (χ1) is 24.2. The summed E-state index contributed by atoms with van der Waals surface area (Å²) in [6.07, 6.45) is 1.04. The van der Waals surface area contributed by atoms with Crippen molar-refractivity contribution in [2.75, 3.05) is 6.54 Å². The van der Waals surface area contributed by atoms with E-state index in [9.17, 15) is 18.0 Å². The maximum absolute atomic E-state index is 16.0. The molecule has 10 heteroatoms. The van der Waals surface area contributed by atoms with Crippen molar-refractivity contribution >= 4 is 21.8 Å². The number of benzene rings is 4. The monoisotopic (exact) mass is 711 g/mol. The lowest BCUT2D eigenvalue weighted by Crippen LogP contribution is -2.41. The Balaban J connectivity index is 1.43. The lowest BCUT2D eigenvalue weighted by molar-refractivity contribution is -0.140. The van der Waals surface area contributed by atoms with Crippen molar-refractivity contribution < 1.29 is 27.1 Å². The third kappa shape index (κ3) is 9.00. The van der Waals surface area contributed by atoms with Gasteiger partial charge in [0.25, 0.3) is 0 Å². The first-order valence-electron chi connectivity index (χ1n) is 17.2. The van der Waals surface area contributed by atoms with E-state index in [1.165, 1.54) is 12.1 Å². The fraction of sp³-hybridized carbons (Fsp3) is 0.317. The van der Waals surface area contributed by atoms with Crippen molar-refractivity contribution in [3.05, 3.63) is 136 Å². The molecule has 0 saturated carbocycles. The molecule has 0 saturated heterocycles. The predicted octanol–water partition coefficient (Wildman–Crippen LogP) is 7.60. The number of hydrazine groups is 1. The molecule has 5 rings (SSSR count). The Morgan fingerprint density at radius 3 is 2.24 bits per heavy atom. The molecule has 0 spiro atoms. The van der Waals surface area contributed by atoms with E-state index >= 15 is 4.39 Å². The molecule has 4 aromatic rings. The normalized spacial score (nSPS) is 15.1. The van der Waals surface area contributed by atoms with E-state index in [0.717, 1.165) is 6.42 Å². The summed E-state index contributed by atoms with van der Waals surface area (Å²) in [6, 6.07) is 26.8. The van der Waals surface area contributed by atoms with Gasteiger partial charge in [-0.1, -0.05) is 99.6 Å². The molecular weight excluding hydrogens is 666 g/mol. The van der Waals surface area contributed by atoms with E-state index in [4.69, 9.17) is 4.74 Å². The van der Waals surface area contributed by atoms with Gasteiger partial charge >= 0.3 is 5.97 Å². The minimum absolute atomic E-state index is 0.0110. The van der Waals surface area contributed by atoms with Crippen molar-refractivity contribution in [2.45, 2.75) is 77.5 Å². The van der Waals surface area contributed by atoms with Crippen molar-refractivity contribution in [1.29, 1.82) is 0 Å². The van der Waals surface area contributed by atoms with Gasteiger partial charge in [-0.05, 0) is 62.4 Å². The van der Waals surface area contributed by atoms with Crippen LogP contribution in [0.2, 0.25) is 0 Å². The molecule has 1 aliphatic heterocycles. The van der Waals surface area contributed by atoms with Gasteiger partial charge in [-0.15, -0.1) is 0 Å². The summed E-state index contributed by atoms with van der Waals surface area (Å²) in [5.41, 5.74) is 6.71. The SMILES string of the molecule is CCCN1NC(C(C)C)C(C(=O)OCc2cccc(C(=O)c3ccccc3)c2)=C1Cc1ccc(-c2ccccc2S(=O)(=O)NC(C)(C)C)c(F)c1. The molecule has 0 aliphatic carbocycles. The topological polar surface area (TPSA) is 105 Å². The van der Waals surface area contributed by atoms with Crippen LogP contribution in [0.4, 0.5) is 4.39 Å². The lowest BCUT2D eigenvalue weighted by atomic mass is 9.94. The fourth-order valence-corrected chi connectivity index (χ4v) is 7.86. The van der Waals surface area contributed by atoms with Crippen molar-refractivity contribution in [1.82, 2.24) is 15.2 Å². The number of carbonyl (C=O) groups is 2. The number of carbonyl (C=O) groups excluding carboxylic acids is 2. The zero-order valence-corrected chi connectivity index (χ0v) is 30.8. The summed E-state index contributed by atoms with van der Waals surface area (Å²) in [6.45, 7) is 11.9. The minimum atomic E-state index is -3.94. The Morgan fingerprint density at radius 2 is 1.57 bits per heavy atom. The summed E-state index contributed by atoms with van der Waals surface area (Å²) in [4.78, 5) is 26.9. The maximum Gasteiger partial charge on any atom is 0.337 e. The van der Waals surface area contributed by atoms with Crippen LogP contribution >= 0.6 is 0 Å². The molecular formula is C41H46FN3O5S. The largest absolute Gasteiger partial charge is 0.457 e. The Morgan fingerprint density at radius 1 is 0.882 bits per heavy atom. The smallest absolute Gasteiger partial charge is 0.337 e.